The Morgan fingerprint density at radius 2 is 1.74 bits per heavy atom. The van der Waals surface area contributed by atoms with Crippen LogP contribution in [-0.2, 0) is 27.6 Å². The van der Waals surface area contributed by atoms with Gasteiger partial charge in [0.1, 0.15) is 16.9 Å². The van der Waals surface area contributed by atoms with E-state index in [9.17, 15) is 22.0 Å². The monoisotopic (exact) mass is 495 g/mol. The molecular formula is C25H35F2N3O3S. The Morgan fingerprint density at radius 3 is 2.35 bits per heavy atom. The van der Waals surface area contributed by atoms with Gasteiger partial charge in [-0.2, -0.15) is 0 Å². The Labute approximate surface area is 201 Å². The topological polar surface area (TPSA) is 101 Å². The SMILES string of the molecule is CCCCS(=O)(=O)C(c1cc(F)cc(F)c1)[C@H](CCNCc1cccc(CC)c1)NC(=O)CN. The van der Waals surface area contributed by atoms with E-state index < -0.39 is 38.7 Å². The summed E-state index contributed by atoms with van der Waals surface area (Å²) in [6.07, 6.45) is 2.19. The van der Waals surface area contributed by atoms with E-state index in [0.717, 1.165) is 24.1 Å². The lowest BCUT2D eigenvalue weighted by molar-refractivity contribution is -0.120. The van der Waals surface area contributed by atoms with Gasteiger partial charge in [0, 0.05) is 12.6 Å². The van der Waals surface area contributed by atoms with Crippen molar-refractivity contribution < 1.29 is 22.0 Å². The van der Waals surface area contributed by atoms with Crippen molar-refractivity contribution in [2.24, 2.45) is 5.73 Å². The molecule has 4 N–H and O–H groups in total. The smallest absolute Gasteiger partial charge is 0.234 e. The molecule has 2 aromatic rings. The molecule has 0 aliphatic carbocycles. The summed E-state index contributed by atoms with van der Waals surface area (Å²) >= 11 is 0. The van der Waals surface area contributed by atoms with Crippen LogP contribution in [0, 0.1) is 11.6 Å². The van der Waals surface area contributed by atoms with E-state index in [-0.39, 0.29) is 24.3 Å². The Kier molecular flexibility index (Phi) is 11.1. The number of amides is 1. The van der Waals surface area contributed by atoms with E-state index in [2.05, 4.69) is 23.6 Å². The number of aryl methyl sites for hydroxylation is 1. The third-order valence-electron chi connectivity index (χ3n) is 5.64. The first-order valence-electron chi connectivity index (χ1n) is 11.7. The van der Waals surface area contributed by atoms with Crippen LogP contribution in [0.1, 0.15) is 55.1 Å². The molecule has 0 fully saturated rings. The maximum Gasteiger partial charge on any atom is 0.234 e. The summed E-state index contributed by atoms with van der Waals surface area (Å²) in [6.45, 7) is 4.55. The lowest BCUT2D eigenvalue weighted by Crippen LogP contribution is -2.46. The summed E-state index contributed by atoms with van der Waals surface area (Å²) in [5.74, 6) is -2.43. The van der Waals surface area contributed by atoms with Gasteiger partial charge in [0.05, 0.1) is 18.3 Å². The highest BCUT2D eigenvalue weighted by molar-refractivity contribution is 7.91. The van der Waals surface area contributed by atoms with Crippen LogP contribution in [0.15, 0.2) is 42.5 Å². The minimum absolute atomic E-state index is 0.0217. The minimum Gasteiger partial charge on any atom is -0.351 e. The van der Waals surface area contributed by atoms with E-state index >= 15 is 0 Å². The maximum atomic E-state index is 14.0. The second-order valence-electron chi connectivity index (χ2n) is 8.36. The molecule has 188 valence electrons. The van der Waals surface area contributed by atoms with Crippen molar-refractivity contribution in [3.63, 3.8) is 0 Å². The third kappa shape index (κ3) is 8.45. The predicted molar refractivity (Wildman–Crippen MR) is 131 cm³/mol. The van der Waals surface area contributed by atoms with Crippen LogP contribution in [0.3, 0.4) is 0 Å². The Bertz CT molecular complexity index is 1030. The quantitative estimate of drug-likeness (QED) is 0.349. The number of hydrogen-bond donors (Lipinski definition) is 3. The molecule has 0 aliphatic rings. The molecule has 2 aromatic carbocycles. The van der Waals surface area contributed by atoms with Gasteiger partial charge < -0.3 is 16.4 Å². The number of unbranched alkanes of at least 4 members (excludes halogenated alkanes) is 1. The molecule has 0 saturated carbocycles. The summed E-state index contributed by atoms with van der Waals surface area (Å²) < 4.78 is 54.6. The highest BCUT2D eigenvalue weighted by atomic mass is 32.2. The fourth-order valence-electron chi connectivity index (χ4n) is 3.92. The summed E-state index contributed by atoms with van der Waals surface area (Å²) in [4.78, 5) is 12.2. The fourth-order valence-corrected chi connectivity index (χ4v) is 6.12. The molecule has 0 bridgehead atoms. The molecule has 0 aromatic heterocycles. The van der Waals surface area contributed by atoms with Crippen LogP contribution < -0.4 is 16.4 Å². The molecule has 0 saturated heterocycles. The third-order valence-corrected chi connectivity index (χ3v) is 7.87. The number of carbonyl (C=O) groups excluding carboxylic acids is 1. The van der Waals surface area contributed by atoms with Gasteiger partial charge in [-0.15, -0.1) is 0 Å². The summed E-state index contributed by atoms with van der Waals surface area (Å²) in [5.41, 5.74) is 7.73. The molecule has 1 unspecified atom stereocenters. The van der Waals surface area contributed by atoms with Crippen molar-refractivity contribution >= 4 is 15.7 Å². The van der Waals surface area contributed by atoms with Crippen molar-refractivity contribution in [2.75, 3.05) is 18.8 Å². The lowest BCUT2D eigenvalue weighted by atomic mass is 10.0. The second-order valence-corrected chi connectivity index (χ2v) is 10.6. The summed E-state index contributed by atoms with van der Waals surface area (Å²) in [5, 5.41) is 4.65. The zero-order chi connectivity index (χ0) is 25.1. The van der Waals surface area contributed by atoms with Gasteiger partial charge >= 0.3 is 0 Å². The maximum absolute atomic E-state index is 14.0. The number of carbonyl (C=O) groups is 1. The summed E-state index contributed by atoms with van der Waals surface area (Å²) in [6, 6.07) is 9.93. The Balaban J connectivity index is 2.29. The molecule has 6 nitrogen and oxygen atoms in total. The van der Waals surface area contributed by atoms with Crippen molar-refractivity contribution in [3.8, 4) is 0 Å². The molecule has 0 spiro atoms. The average molecular weight is 496 g/mol. The first-order chi connectivity index (χ1) is 16.2. The molecule has 0 aliphatic heterocycles. The lowest BCUT2D eigenvalue weighted by Gasteiger charge is -2.29. The normalized spacial score (nSPS) is 13.4. The van der Waals surface area contributed by atoms with Gasteiger partial charge in [-0.05, 0) is 54.6 Å². The number of hydrogen-bond acceptors (Lipinski definition) is 5. The van der Waals surface area contributed by atoms with Crippen LogP contribution in [0.4, 0.5) is 8.78 Å². The second kappa shape index (κ2) is 13.5. The molecule has 1 amide bonds. The van der Waals surface area contributed by atoms with Crippen LogP contribution >= 0.6 is 0 Å². The number of nitrogens with one attached hydrogen (secondary N) is 2. The van der Waals surface area contributed by atoms with E-state index in [1.165, 1.54) is 5.56 Å². The molecule has 34 heavy (non-hydrogen) atoms. The Hall–Kier alpha value is -2.36. The van der Waals surface area contributed by atoms with Crippen molar-refractivity contribution in [3.05, 3.63) is 70.8 Å². The van der Waals surface area contributed by atoms with Gasteiger partial charge in [0.15, 0.2) is 9.84 Å². The zero-order valence-corrected chi connectivity index (χ0v) is 20.6. The minimum atomic E-state index is -3.84. The van der Waals surface area contributed by atoms with Crippen molar-refractivity contribution in [2.45, 2.75) is 57.4 Å². The molecule has 0 radical (unpaired) electrons. The molecule has 0 heterocycles. The van der Waals surface area contributed by atoms with Crippen LogP contribution in [0.2, 0.25) is 0 Å². The van der Waals surface area contributed by atoms with E-state index in [1.807, 2.05) is 25.1 Å². The van der Waals surface area contributed by atoms with Crippen molar-refractivity contribution in [1.29, 1.82) is 0 Å². The first-order valence-corrected chi connectivity index (χ1v) is 13.4. The summed E-state index contributed by atoms with van der Waals surface area (Å²) in [7, 11) is -3.84. The molecule has 9 heteroatoms. The zero-order valence-electron chi connectivity index (χ0n) is 19.8. The van der Waals surface area contributed by atoms with E-state index in [4.69, 9.17) is 5.73 Å². The molecule has 2 atom stereocenters. The van der Waals surface area contributed by atoms with Gasteiger partial charge in [-0.1, -0.05) is 44.5 Å². The molecule has 2 rings (SSSR count). The van der Waals surface area contributed by atoms with Gasteiger partial charge in [-0.25, -0.2) is 17.2 Å². The predicted octanol–water partition coefficient (Wildman–Crippen LogP) is 3.41. The average Bonchev–Trinajstić information content (AvgIpc) is 2.79. The number of sulfone groups is 1. The van der Waals surface area contributed by atoms with Crippen molar-refractivity contribution in [1.82, 2.24) is 10.6 Å². The van der Waals surface area contributed by atoms with Gasteiger partial charge in [-0.3, -0.25) is 4.79 Å². The van der Waals surface area contributed by atoms with Crippen LogP contribution in [-0.4, -0.2) is 39.2 Å². The van der Waals surface area contributed by atoms with E-state index in [0.29, 0.717) is 32.0 Å². The van der Waals surface area contributed by atoms with Gasteiger partial charge in [0.25, 0.3) is 0 Å². The number of rotatable bonds is 14. The van der Waals surface area contributed by atoms with Crippen LogP contribution in [0.25, 0.3) is 0 Å². The molecular weight excluding hydrogens is 460 g/mol. The number of halogens is 2. The number of benzene rings is 2. The van der Waals surface area contributed by atoms with E-state index in [1.54, 1.807) is 0 Å². The fraction of sp³-hybridized carbons (Fsp3) is 0.480. The number of nitrogens with two attached hydrogens (primary N) is 1. The highest BCUT2D eigenvalue weighted by Crippen LogP contribution is 2.30. The van der Waals surface area contributed by atoms with Gasteiger partial charge in [0.2, 0.25) is 5.91 Å². The highest BCUT2D eigenvalue weighted by Gasteiger charge is 2.35. The largest absolute Gasteiger partial charge is 0.351 e. The van der Waals surface area contributed by atoms with Crippen LogP contribution in [0.5, 0.6) is 0 Å². The first kappa shape index (κ1) is 27.9. The Morgan fingerprint density at radius 1 is 1.06 bits per heavy atom. The standard InChI is InChI=1S/C25H35F2N3O3S/c1-3-5-11-34(32,33)25(20-13-21(26)15-22(27)14-20)23(30-24(31)16-28)9-10-29-17-19-8-6-7-18(4-2)12-19/h6-8,12-15,23,25,29H,3-5,9-11,16-17,28H2,1-2H3,(H,30,31)/t23-,25?/m0/s1.